The second-order valence-corrected chi connectivity index (χ2v) is 13.4. The van der Waals surface area contributed by atoms with Crippen molar-refractivity contribution in [1.82, 2.24) is 9.80 Å². The molecule has 7 nitrogen and oxygen atoms in total. The first-order chi connectivity index (χ1) is 18.7. The van der Waals surface area contributed by atoms with E-state index in [1.54, 1.807) is 16.7 Å². The van der Waals surface area contributed by atoms with Crippen molar-refractivity contribution in [2.75, 3.05) is 37.7 Å². The highest BCUT2D eigenvalue weighted by molar-refractivity contribution is 8.02. The van der Waals surface area contributed by atoms with Crippen molar-refractivity contribution in [3.63, 3.8) is 0 Å². The maximum absolute atomic E-state index is 14.7. The molecule has 4 heterocycles. The number of carbonyl (C=O) groups excluding carboxylic acids is 3. The van der Waals surface area contributed by atoms with E-state index in [4.69, 9.17) is 0 Å². The predicted molar refractivity (Wildman–Crippen MR) is 156 cm³/mol. The van der Waals surface area contributed by atoms with Gasteiger partial charge in [-0.2, -0.15) is 0 Å². The molecule has 5 atom stereocenters. The first-order valence-corrected chi connectivity index (χ1v) is 15.1. The first kappa shape index (κ1) is 28.0. The average Bonchev–Trinajstić information content (AvgIpc) is 3.16. The number of unbranched alkanes of at least 4 members (excludes halogenated alkanes) is 2. The van der Waals surface area contributed by atoms with Gasteiger partial charge in [-0.1, -0.05) is 49.4 Å². The van der Waals surface area contributed by atoms with Gasteiger partial charge < -0.3 is 19.8 Å². The smallest absolute Gasteiger partial charge is 0.251 e. The molecule has 4 aliphatic rings. The van der Waals surface area contributed by atoms with Gasteiger partial charge in [0.05, 0.1) is 16.6 Å². The summed E-state index contributed by atoms with van der Waals surface area (Å²) < 4.78 is -1.41. The number of fused-ring (bicyclic) bond motifs is 2. The first-order valence-electron chi connectivity index (χ1n) is 14.3. The fourth-order valence-electron chi connectivity index (χ4n) is 7.29. The van der Waals surface area contributed by atoms with Gasteiger partial charge in [0.2, 0.25) is 11.8 Å². The van der Waals surface area contributed by atoms with Crippen LogP contribution in [0.4, 0.5) is 5.69 Å². The number of aryl methyl sites for hydroxylation is 2. The van der Waals surface area contributed by atoms with Crippen LogP contribution in [0.1, 0.15) is 50.7 Å². The van der Waals surface area contributed by atoms with E-state index >= 15 is 0 Å². The van der Waals surface area contributed by atoms with Gasteiger partial charge >= 0.3 is 0 Å². The van der Waals surface area contributed by atoms with Gasteiger partial charge in [-0.3, -0.25) is 14.4 Å². The summed E-state index contributed by atoms with van der Waals surface area (Å²) in [5.74, 6) is -1.29. The summed E-state index contributed by atoms with van der Waals surface area (Å²) in [5, 5.41) is 9.30. The monoisotopic (exact) mass is 551 g/mol. The summed E-state index contributed by atoms with van der Waals surface area (Å²) in [6.07, 6.45) is 11.3. The van der Waals surface area contributed by atoms with Gasteiger partial charge in [0.15, 0.2) is 0 Å². The van der Waals surface area contributed by atoms with Crippen LogP contribution >= 0.6 is 11.8 Å². The van der Waals surface area contributed by atoms with Crippen LogP contribution < -0.4 is 4.90 Å². The molecular weight excluding hydrogens is 510 g/mol. The molecule has 1 spiro atoms. The van der Waals surface area contributed by atoms with Crippen LogP contribution in [0.15, 0.2) is 42.5 Å². The molecule has 2 saturated heterocycles. The van der Waals surface area contributed by atoms with Crippen molar-refractivity contribution < 1.29 is 19.5 Å². The SMILES string of the molecule is CCCN1CC=C[C@@]2(C)S[C@]34C=CCN(c5c(C)cccc5C)C(=O)C3N(CCCCCO)C(=O)[C@@H]4[C@H]2C1=O. The van der Waals surface area contributed by atoms with Crippen LogP contribution in [0, 0.1) is 25.7 Å². The second-order valence-electron chi connectivity index (χ2n) is 11.6. The van der Waals surface area contributed by atoms with Crippen molar-refractivity contribution in [1.29, 1.82) is 0 Å². The summed E-state index contributed by atoms with van der Waals surface area (Å²) >= 11 is 1.64. The molecule has 0 radical (unpaired) electrons. The zero-order chi connectivity index (χ0) is 27.9. The van der Waals surface area contributed by atoms with Crippen LogP contribution in [0.25, 0.3) is 0 Å². The number of aliphatic hydroxyl groups excluding tert-OH is 1. The summed E-state index contributed by atoms with van der Waals surface area (Å²) in [6, 6.07) is 5.34. The maximum atomic E-state index is 14.7. The number of thioether (sulfide) groups is 1. The van der Waals surface area contributed by atoms with Crippen LogP contribution in [0.3, 0.4) is 0 Å². The molecule has 1 aromatic rings. The van der Waals surface area contributed by atoms with Crippen LogP contribution in [0.2, 0.25) is 0 Å². The Labute approximate surface area is 236 Å². The van der Waals surface area contributed by atoms with Gasteiger partial charge in [-0.25, -0.2) is 0 Å². The Morgan fingerprint density at radius 1 is 0.923 bits per heavy atom. The van der Waals surface area contributed by atoms with Crippen molar-refractivity contribution >= 4 is 35.2 Å². The van der Waals surface area contributed by atoms with Crippen LogP contribution in [0.5, 0.6) is 0 Å². The summed E-state index contributed by atoms with van der Waals surface area (Å²) in [7, 11) is 0. The zero-order valence-electron chi connectivity index (χ0n) is 23.6. The molecule has 3 amide bonds. The Kier molecular flexibility index (Phi) is 7.72. The van der Waals surface area contributed by atoms with E-state index in [0.717, 1.165) is 29.7 Å². The fourth-order valence-corrected chi connectivity index (χ4v) is 9.44. The zero-order valence-corrected chi connectivity index (χ0v) is 24.4. The number of rotatable bonds is 8. The number of hydrogen-bond donors (Lipinski definition) is 1. The van der Waals surface area contributed by atoms with Gasteiger partial charge in [-0.05, 0) is 57.6 Å². The predicted octanol–water partition coefficient (Wildman–Crippen LogP) is 3.86. The Bertz CT molecular complexity index is 1190. The second kappa shape index (κ2) is 10.8. The van der Waals surface area contributed by atoms with E-state index in [9.17, 15) is 19.5 Å². The largest absolute Gasteiger partial charge is 0.396 e. The van der Waals surface area contributed by atoms with Crippen molar-refractivity contribution in [3.05, 3.63) is 53.6 Å². The fraction of sp³-hybridized carbons (Fsp3) is 0.581. The van der Waals surface area contributed by atoms with Crippen molar-refractivity contribution in [3.8, 4) is 0 Å². The molecule has 5 rings (SSSR count). The maximum Gasteiger partial charge on any atom is 0.251 e. The molecule has 1 aromatic carbocycles. The Morgan fingerprint density at radius 2 is 1.64 bits per heavy atom. The van der Waals surface area contributed by atoms with Crippen LogP contribution in [-0.4, -0.2) is 80.9 Å². The molecule has 2 fully saturated rings. The van der Waals surface area contributed by atoms with Gasteiger partial charge in [0, 0.05) is 43.2 Å². The topological polar surface area (TPSA) is 81.2 Å². The lowest BCUT2D eigenvalue weighted by molar-refractivity contribution is -0.143. The Hall–Kier alpha value is -2.58. The molecular formula is C31H41N3O4S. The van der Waals surface area contributed by atoms with Crippen LogP contribution in [-0.2, 0) is 14.4 Å². The lowest BCUT2D eigenvalue weighted by Crippen LogP contribution is -2.53. The Balaban J connectivity index is 1.62. The number of aliphatic hydroxyl groups is 1. The molecule has 8 heteroatoms. The van der Waals surface area contributed by atoms with Gasteiger partial charge in [-0.15, -0.1) is 11.8 Å². The van der Waals surface area contributed by atoms with Gasteiger partial charge in [0.1, 0.15) is 6.04 Å². The van der Waals surface area contributed by atoms with E-state index in [1.807, 2.05) is 47.9 Å². The van der Waals surface area contributed by atoms with E-state index in [-0.39, 0.29) is 24.3 Å². The van der Waals surface area contributed by atoms with E-state index in [2.05, 4.69) is 32.1 Å². The lowest BCUT2D eigenvalue weighted by Gasteiger charge is -2.37. The number of anilines is 1. The third-order valence-electron chi connectivity index (χ3n) is 8.90. The number of amides is 3. The number of likely N-dealkylation sites (tertiary alicyclic amines) is 1. The quantitative estimate of drug-likeness (QED) is 0.392. The minimum Gasteiger partial charge on any atom is -0.396 e. The minimum absolute atomic E-state index is 0.0182. The molecule has 1 unspecified atom stereocenters. The highest BCUT2D eigenvalue weighted by Gasteiger charge is 2.73. The summed E-state index contributed by atoms with van der Waals surface area (Å²) in [5.41, 5.74) is 2.94. The molecule has 0 saturated carbocycles. The van der Waals surface area contributed by atoms with E-state index in [1.165, 1.54) is 0 Å². The molecule has 1 N–H and O–H groups in total. The summed E-state index contributed by atoms with van der Waals surface area (Å²) in [6.45, 7) is 10.3. The third-order valence-corrected chi connectivity index (χ3v) is 10.7. The van der Waals surface area contributed by atoms with E-state index < -0.39 is 27.4 Å². The van der Waals surface area contributed by atoms with E-state index in [0.29, 0.717) is 39.0 Å². The lowest BCUT2D eigenvalue weighted by atomic mass is 9.74. The highest BCUT2D eigenvalue weighted by Crippen LogP contribution is 2.65. The minimum atomic E-state index is -0.828. The highest BCUT2D eigenvalue weighted by atomic mass is 32.2. The average molecular weight is 552 g/mol. The molecule has 4 aliphatic heterocycles. The molecule has 0 aliphatic carbocycles. The number of para-hydroxylation sites is 1. The third kappa shape index (κ3) is 4.44. The van der Waals surface area contributed by atoms with Crippen molar-refractivity contribution in [2.45, 2.75) is 68.9 Å². The molecule has 0 aromatic heterocycles. The number of nitrogens with zero attached hydrogens (tertiary/aromatic N) is 3. The van der Waals surface area contributed by atoms with Gasteiger partial charge in [0.25, 0.3) is 5.91 Å². The normalized spacial score (nSPS) is 31.9. The molecule has 0 bridgehead atoms. The standard InChI is InChI=1S/C31H41N3O4S/c1-5-16-32-17-10-14-30(4)23(27(32)36)24-28(37)34(18-7-6-8-20-35)26-29(38)33(19-11-15-31(24,26)39-30)25-21(2)12-9-13-22(25)3/h9-15,23-24,26,35H,5-8,16-20H2,1-4H3/t23-,24-,26?,30+,31-/m0/s1. The number of benzene rings is 1. The molecule has 210 valence electrons. The Morgan fingerprint density at radius 3 is 2.33 bits per heavy atom. The number of carbonyl (C=O) groups is 3. The van der Waals surface area contributed by atoms with Crippen molar-refractivity contribution in [2.24, 2.45) is 11.8 Å². The number of hydrogen-bond acceptors (Lipinski definition) is 5. The summed E-state index contributed by atoms with van der Waals surface area (Å²) in [4.78, 5) is 48.7. The molecule has 39 heavy (non-hydrogen) atoms.